The normalized spacial score (nSPS) is 14.2. The van der Waals surface area contributed by atoms with Gasteiger partial charge in [-0.15, -0.1) is 0 Å². The SMILES string of the molecule is CCOC(=O)C(=O)Nc1ccc2c(c1)CCCN2S(C)(=O)=O. The number of esters is 1. The number of sulfonamides is 1. The van der Waals surface area contributed by atoms with E-state index in [9.17, 15) is 18.0 Å². The summed E-state index contributed by atoms with van der Waals surface area (Å²) < 4.78 is 29.5. The van der Waals surface area contributed by atoms with E-state index in [1.54, 1.807) is 25.1 Å². The van der Waals surface area contributed by atoms with E-state index in [0.717, 1.165) is 5.56 Å². The van der Waals surface area contributed by atoms with E-state index in [2.05, 4.69) is 10.1 Å². The van der Waals surface area contributed by atoms with E-state index < -0.39 is 21.9 Å². The summed E-state index contributed by atoms with van der Waals surface area (Å²) in [5, 5.41) is 2.45. The largest absolute Gasteiger partial charge is 0.459 e. The highest BCUT2D eigenvalue weighted by Crippen LogP contribution is 2.31. The predicted octanol–water partition coefficient (Wildman–Crippen LogP) is 0.900. The number of ether oxygens (including phenoxy) is 1. The molecule has 1 aromatic carbocycles. The number of amides is 1. The number of fused-ring (bicyclic) bond motifs is 1. The van der Waals surface area contributed by atoms with E-state index in [-0.39, 0.29) is 6.61 Å². The van der Waals surface area contributed by atoms with Gasteiger partial charge in [0.2, 0.25) is 10.0 Å². The van der Waals surface area contributed by atoms with Crippen LogP contribution in [-0.4, -0.2) is 39.7 Å². The molecule has 0 aliphatic carbocycles. The zero-order valence-corrected chi connectivity index (χ0v) is 13.3. The Kier molecular flexibility index (Phi) is 4.70. The van der Waals surface area contributed by atoms with Gasteiger partial charge in [-0.25, -0.2) is 13.2 Å². The number of carbonyl (C=O) groups is 2. The van der Waals surface area contributed by atoms with Gasteiger partial charge in [-0.3, -0.25) is 9.10 Å². The third-order valence-electron chi connectivity index (χ3n) is 3.27. The lowest BCUT2D eigenvalue weighted by atomic mass is 10.0. The summed E-state index contributed by atoms with van der Waals surface area (Å²) in [5.74, 6) is -1.80. The number of carbonyl (C=O) groups excluding carboxylic acids is 2. The highest BCUT2D eigenvalue weighted by atomic mass is 32.2. The van der Waals surface area contributed by atoms with Crippen LogP contribution < -0.4 is 9.62 Å². The van der Waals surface area contributed by atoms with Gasteiger partial charge in [0, 0.05) is 12.2 Å². The van der Waals surface area contributed by atoms with Crippen molar-refractivity contribution >= 4 is 33.3 Å². The van der Waals surface area contributed by atoms with Gasteiger partial charge in [0.15, 0.2) is 0 Å². The Morgan fingerprint density at radius 1 is 1.36 bits per heavy atom. The molecule has 1 heterocycles. The molecule has 1 aliphatic heterocycles. The van der Waals surface area contributed by atoms with Gasteiger partial charge in [0.1, 0.15) is 0 Å². The first-order valence-corrected chi connectivity index (χ1v) is 8.76. The predicted molar refractivity (Wildman–Crippen MR) is 82.2 cm³/mol. The van der Waals surface area contributed by atoms with E-state index in [1.807, 2.05) is 0 Å². The molecule has 0 saturated carbocycles. The lowest BCUT2D eigenvalue weighted by molar-refractivity contribution is -0.152. The Balaban J connectivity index is 2.22. The lowest BCUT2D eigenvalue weighted by Crippen LogP contribution is -2.34. The molecule has 8 heteroatoms. The number of hydrogen-bond acceptors (Lipinski definition) is 5. The minimum atomic E-state index is -3.32. The molecule has 0 fully saturated rings. The number of anilines is 2. The van der Waals surface area contributed by atoms with Crippen LogP contribution in [0.25, 0.3) is 0 Å². The van der Waals surface area contributed by atoms with Gasteiger partial charge < -0.3 is 10.1 Å². The minimum Gasteiger partial charge on any atom is -0.459 e. The maximum Gasteiger partial charge on any atom is 0.397 e. The molecule has 0 radical (unpaired) electrons. The Bertz CT molecular complexity index is 699. The number of nitrogens with one attached hydrogen (secondary N) is 1. The molecule has 0 saturated heterocycles. The van der Waals surface area contributed by atoms with E-state index in [4.69, 9.17) is 0 Å². The fourth-order valence-corrected chi connectivity index (χ4v) is 3.36. The number of aryl methyl sites for hydroxylation is 1. The first-order valence-electron chi connectivity index (χ1n) is 6.91. The number of rotatable bonds is 3. The van der Waals surface area contributed by atoms with Crippen molar-refractivity contribution in [2.75, 3.05) is 29.0 Å². The highest BCUT2D eigenvalue weighted by molar-refractivity contribution is 7.92. The monoisotopic (exact) mass is 326 g/mol. The standard InChI is InChI=1S/C14H18N2O5S/c1-3-21-14(18)13(17)15-11-6-7-12-10(9-11)5-4-8-16(12)22(2,19)20/h6-7,9H,3-5,8H2,1-2H3,(H,15,17). The molecule has 1 N–H and O–H groups in total. The smallest absolute Gasteiger partial charge is 0.397 e. The average molecular weight is 326 g/mol. The Morgan fingerprint density at radius 3 is 2.73 bits per heavy atom. The molecule has 22 heavy (non-hydrogen) atoms. The van der Waals surface area contributed by atoms with Crippen LogP contribution in [0.15, 0.2) is 18.2 Å². The summed E-state index contributed by atoms with van der Waals surface area (Å²) >= 11 is 0. The van der Waals surface area contributed by atoms with Gasteiger partial charge >= 0.3 is 11.9 Å². The average Bonchev–Trinajstić information content (AvgIpc) is 2.45. The molecule has 0 spiro atoms. The van der Waals surface area contributed by atoms with Crippen molar-refractivity contribution in [2.45, 2.75) is 19.8 Å². The molecule has 0 atom stereocenters. The quantitative estimate of drug-likeness (QED) is 0.658. The summed E-state index contributed by atoms with van der Waals surface area (Å²) in [5.41, 5.74) is 1.87. The molecule has 0 aromatic heterocycles. The molecule has 0 bridgehead atoms. The van der Waals surface area contributed by atoms with Gasteiger partial charge in [0.25, 0.3) is 0 Å². The second kappa shape index (κ2) is 6.35. The van der Waals surface area contributed by atoms with Crippen molar-refractivity contribution in [3.8, 4) is 0 Å². The minimum absolute atomic E-state index is 0.125. The molecule has 2 rings (SSSR count). The van der Waals surface area contributed by atoms with Crippen LogP contribution >= 0.6 is 0 Å². The molecule has 1 amide bonds. The Hall–Kier alpha value is -2.09. The van der Waals surface area contributed by atoms with Crippen LogP contribution in [-0.2, 0) is 30.8 Å². The second-order valence-electron chi connectivity index (χ2n) is 4.96. The van der Waals surface area contributed by atoms with E-state index in [1.165, 1.54) is 10.6 Å². The first-order chi connectivity index (χ1) is 10.3. The Labute approximate surface area is 129 Å². The topological polar surface area (TPSA) is 92.8 Å². The second-order valence-corrected chi connectivity index (χ2v) is 6.86. The molecule has 1 aliphatic rings. The molecule has 120 valence electrons. The van der Waals surface area contributed by atoms with Gasteiger partial charge in [-0.1, -0.05) is 0 Å². The van der Waals surface area contributed by atoms with E-state index >= 15 is 0 Å². The van der Waals surface area contributed by atoms with E-state index in [0.29, 0.717) is 30.8 Å². The van der Waals surface area contributed by atoms with Gasteiger partial charge in [0.05, 0.1) is 18.6 Å². The van der Waals surface area contributed by atoms with Crippen LogP contribution in [0.2, 0.25) is 0 Å². The zero-order valence-electron chi connectivity index (χ0n) is 12.5. The Morgan fingerprint density at radius 2 is 2.09 bits per heavy atom. The van der Waals surface area contributed by atoms with Crippen molar-refractivity contribution in [3.63, 3.8) is 0 Å². The maximum atomic E-state index is 11.8. The molecule has 1 aromatic rings. The van der Waals surface area contributed by atoms with Crippen molar-refractivity contribution in [3.05, 3.63) is 23.8 Å². The molecule has 7 nitrogen and oxygen atoms in total. The van der Waals surface area contributed by atoms with Crippen LogP contribution in [0.5, 0.6) is 0 Å². The van der Waals surface area contributed by atoms with Gasteiger partial charge in [-0.05, 0) is 43.5 Å². The first kappa shape index (κ1) is 16.3. The van der Waals surface area contributed by atoms with Crippen LogP contribution in [0.3, 0.4) is 0 Å². The molecular formula is C14H18N2O5S. The lowest BCUT2D eigenvalue weighted by Gasteiger charge is -2.29. The fourth-order valence-electron chi connectivity index (χ4n) is 2.36. The number of hydrogen-bond donors (Lipinski definition) is 1. The van der Waals surface area contributed by atoms with Crippen LogP contribution in [0, 0.1) is 0 Å². The zero-order chi connectivity index (χ0) is 16.3. The van der Waals surface area contributed by atoms with Crippen molar-refractivity contribution in [1.82, 2.24) is 0 Å². The van der Waals surface area contributed by atoms with Gasteiger partial charge in [-0.2, -0.15) is 0 Å². The third kappa shape index (κ3) is 3.56. The molecular weight excluding hydrogens is 308 g/mol. The van der Waals surface area contributed by atoms with Crippen molar-refractivity contribution in [1.29, 1.82) is 0 Å². The van der Waals surface area contributed by atoms with Crippen LogP contribution in [0.1, 0.15) is 18.9 Å². The fraction of sp³-hybridized carbons (Fsp3) is 0.429. The summed E-state index contributed by atoms with van der Waals surface area (Å²) in [7, 11) is -3.32. The number of nitrogens with zero attached hydrogens (tertiary/aromatic N) is 1. The molecule has 0 unspecified atom stereocenters. The van der Waals surface area contributed by atoms with Crippen molar-refractivity contribution < 1.29 is 22.7 Å². The third-order valence-corrected chi connectivity index (χ3v) is 4.45. The highest BCUT2D eigenvalue weighted by Gasteiger charge is 2.24. The maximum absolute atomic E-state index is 11.8. The summed E-state index contributed by atoms with van der Waals surface area (Å²) in [6.45, 7) is 2.18. The summed E-state index contributed by atoms with van der Waals surface area (Å²) in [6.07, 6.45) is 2.58. The summed E-state index contributed by atoms with van der Waals surface area (Å²) in [4.78, 5) is 22.9. The van der Waals surface area contributed by atoms with Crippen molar-refractivity contribution in [2.24, 2.45) is 0 Å². The van der Waals surface area contributed by atoms with Crippen LogP contribution in [0.4, 0.5) is 11.4 Å². The summed E-state index contributed by atoms with van der Waals surface area (Å²) in [6, 6.07) is 4.89. The number of benzene rings is 1.